The van der Waals surface area contributed by atoms with E-state index in [-0.39, 0.29) is 10.9 Å². The van der Waals surface area contributed by atoms with Gasteiger partial charge in [-0.05, 0) is 118 Å². The molecule has 0 N–H and O–H groups in total. The summed E-state index contributed by atoms with van der Waals surface area (Å²) < 4.78 is 63.0. The largest absolute Gasteiger partial charge is 0.741 e. The summed E-state index contributed by atoms with van der Waals surface area (Å²) in [6.07, 6.45) is 0. The highest BCUT2D eigenvalue weighted by atomic mass is 32.2. The number of fused-ring (bicyclic) bond motifs is 4. The van der Waals surface area contributed by atoms with Crippen LogP contribution in [0, 0.1) is 27.7 Å². The molecule has 284 valence electrons. The Balaban J connectivity index is 0.000000544. The lowest BCUT2D eigenvalue weighted by Crippen LogP contribution is -2.21. The minimum atomic E-state index is -6.09. The van der Waals surface area contributed by atoms with Gasteiger partial charge in [-0.15, -0.1) is 22.7 Å². The summed E-state index contributed by atoms with van der Waals surface area (Å²) in [5.74, 6) is 0. The molecule has 0 bridgehead atoms. The summed E-state index contributed by atoms with van der Waals surface area (Å²) in [5, 5.41) is 3.10. The zero-order valence-corrected chi connectivity index (χ0v) is 34.3. The summed E-state index contributed by atoms with van der Waals surface area (Å²) in [7, 11) is -6.52. The van der Waals surface area contributed by atoms with Gasteiger partial charge in [0.25, 0.3) is 0 Å². The van der Waals surface area contributed by atoms with Crippen LogP contribution in [0.3, 0.4) is 0 Å². The fourth-order valence-corrected chi connectivity index (χ4v) is 12.3. The van der Waals surface area contributed by atoms with E-state index in [0.29, 0.717) is 0 Å². The Labute approximate surface area is 335 Å². The van der Waals surface area contributed by atoms with E-state index >= 15 is 0 Å². The molecule has 0 amide bonds. The van der Waals surface area contributed by atoms with Crippen LogP contribution in [0.2, 0.25) is 0 Å². The predicted octanol–water partition coefficient (Wildman–Crippen LogP) is 11.7. The molecule has 1 unspecified atom stereocenters. The van der Waals surface area contributed by atoms with Crippen LogP contribution < -0.4 is 10.9 Å². The van der Waals surface area contributed by atoms with Crippen LogP contribution in [0.1, 0.15) is 22.3 Å². The van der Waals surface area contributed by atoms with Crippen LogP contribution in [0.25, 0.3) is 40.3 Å². The zero-order chi connectivity index (χ0) is 40.1. The monoisotopic (exact) mass is 844 g/mol. The smallest absolute Gasteiger partial charge is 0.485 e. The van der Waals surface area contributed by atoms with Gasteiger partial charge in [-0.1, -0.05) is 42.1 Å². The lowest BCUT2D eigenvalue weighted by atomic mass is 10.1. The van der Waals surface area contributed by atoms with E-state index < -0.39 is 26.5 Å². The third kappa shape index (κ3) is 8.02. The first kappa shape index (κ1) is 39.7. The molecule has 1 atom stereocenters. The summed E-state index contributed by atoms with van der Waals surface area (Å²) in [6.45, 7) is 8.72. The number of hydrogen-bond acceptors (Lipinski definition) is 8. The molecule has 0 fully saturated rings. The molecule has 0 spiro atoms. The molecule has 5 nitrogen and oxygen atoms in total. The Hall–Kier alpha value is -4.50. The van der Waals surface area contributed by atoms with Crippen molar-refractivity contribution in [3.8, 4) is 0 Å². The topological polar surface area (TPSA) is 91.3 Å². The first-order chi connectivity index (χ1) is 26.5. The van der Waals surface area contributed by atoms with Crippen molar-refractivity contribution in [2.24, 2.45) is 0 Å². The van der Waals surface area contributed by atoms with E-state index in [1.165, 1.54) is 32.0 Å². The van der Waals surface area contributed by atoms with Gasteiger partial charge in [0, 0.05) is 67.3 Å². The SMILES string of the molecule is Cc1cc(C)cc([S+](c2ccc3sc4ccccc4c(=O)c3c2)c2c(C)cc(Sc3ccc4sc5ccccc5c(=O)c4c3)cc2C)c1.O=S(=O)([O-])C(F)(F)F. The highest BCUT2D eigenvalue weighted by molar-refractivity contribution is 7.99. The van der Waals surface area contributed by atoms with Gasteiger partial charge in [0.15, 0.2) is 35.7 Å². The maximum absolute atomic E-state index is 13.8. The van der Waals surface area contributed by atoms with E-state index in [1.807, 2.05) is 54.6 Å². The average molecular weight is 845 g/mol. The van der Waals surface area contributed by atoms with E-state index in [1.54, 1.807) is 34.4 Å². The van der Waals surface area contributed by atoms with Crippen LogP contribution in [0.15, 0.2) is 149 Å². The second-order valence-electron chi connectivity index (χ2n) is 13.2. The fraction of sp³-hybridized carbons (Fsp3) is 0.116. The molecular formula is C43H31F3O5S5. The Morgan fingerprint density at radius 2 is 1.04 bits per heavy atom. The molecule has 13 heteroatoms. The average Bonchev–Trinajstić information content (AvgIpc) is 3.13. The molecule has 0 aliphatic carbocycles. The minimum absolute atomic E-state index is 0.0902. The molecule has 2 aromatic heterocycles. The van der Waals surface area contributed by atoms with Crippen molar-refractivity contribution in [2.45, 2.75) is 57.7 Å². The normalized spacial score (nSPS) is 12.6. The second-order valence-corrected chi connectivity index (χ2v) is 19.8. The molecule has 8 aromatic rings. The van der Waals surface area contributed by atoms with Gasteiger partial charge in [0.05, 0.1) is 10.9 Å². The Morgan fingerprint density at radius 1 is 0.571 bits per heavy atom. The molecule has 0 saturated carbocycles. The molecule has 0 radical (unpaired) electrons. The zero-order valence-electron chi connectivity index (χ0n) is 30.2. The van der Waals surface area contributed by atoms with Crippen molar-refractivity contribution in [2.75, 3.05) is 0 Å². The highest BCUT2D eigenvalue weighted by Gasteiger charge is 2.37. The Morgan fingerprint density at radius 3 is 1.55 bits per heavy atom. The minimum Gasteiger partial charge on any atom is -0.741 e. The Bertz CT molecular complexity index is 3040. The molecule has 0 aliphatic rings. The number of halogens is 3. The quantitative estimate of drug-likeness (QED) is 0.0742. The standard InChI is InChI=1S/C42H31O2S4.CHF3O3S/c1-24-17-25(2)19-31(18-24)48(30-14-16-39-35(23-30)41(44)33-10-6-8-12-37(33)47-39)42-26(3)20-29(21-27(42)4)45-28-13-15-38-34(22-28)40(43)32-9-5-7-11-36(32)46-38;2-1(3,4)8(5,6)7/h5-23H,1-4H3;(H,5,6,7)/q+1;/p-1. The van der Waals surface area contributed by atoms with Gasteiger partial charge in [0.2, 0.25) is 0 Å². The van der Waals surface area contributed by atoms with Crippen molar-refractivity contribution in [3.05, 3.63) is 158 Å². The first-order valence-corrected chi connectivity index (χ1v) is 22.1. The maximum Gasteiger partial charge on any atom is 0.485 e. The molecule has 56 heavy (non-hydrogen) atoms. The molecule has 6 aromatic carbocycles. The molecule has 2 heterocycles. The molecule has 0 aliphatic heterocycles. The summed E-state index contributed by atoms with van der Waals surface area (Å²) in [6, 6.07) is 39.8. The number of aryl methyl sites for hydroxylation is 4. The first-order valence-electron chi connectivity index (χ1n) is 17.0. The third-order valence-electron chi connectivity index (χ3n) is 8.92. The molecular weight excluding hydrogens is 814 g/mol. The lowest BCUT2D eigenvalue weighted by Gasteiger charge is -2.16. The van der Waals surface area contributed by atoms with Gasteiger partial charge >= 0.3 is 5.51 Å². The summed E-state index contributed by atoms with van der Waals surface area (Å²) in [4.78, 5) is 33.0. The van der Waals surface area contributed by atoms with Gasteiger partial charge in [-0.25, -0.2) is 8.42 Å². The predicted molar refractivity (Wildman–Crippen MR) is 225 cm³/mol. The Kier molecular flexibility index (Phi) is 11.0. The van der Waals surface area contributed by atoms with Crippen LogP contribution in [-0.2, 0) is 21.0 Å². The fourth-order valence-electron chi connectivity index (χ4n) is 6.61. The number of alkyl halides is 3. The number of hydrogen-bond donors (Lipinski definition) is 0. The van der Waals surface area contributed by atoms with E-state index in [2.05, 4.69) is 88.4 Å². The third-order valence-corrected chi connectivity index (χ3v) is 15.2. The van der Waals surface area contributed by atoms with Crippen molar-refractivity contribution in [1.82, 2.24) is 0 Å². The highest BCUT2D eigenvalue weighted by Crippen LogP contribution is 2.41. The number of rotatable bonds is 5. The summed E-state index contributed by atoms with van der Waals surface area (Å²) in [5.41, 5.74) is -0.585. The maximum atomic E-state index is 13.8. The van der Waals surface area contributed by atoms with E-state index in [9.17, 15) is 22.8 Å². The van der Waals surface area contributed by atoms with E-state index in [0.717, 1.165) is 55.0 Å². The lowest BCUT2D eigenvalue weighted by molar-refractivity contribution is -0.0517. The van der Waals surface area contributed by atoms with Crippen LogP contribution in [0.5, 0.6) is 0 Å². The second kappa shape index (κ2) is 15.4. The van der Waals surface area contributed by atoms with Gasteiger partial charge in [-0.3, -0.25) is 9.59 Å². The van der Waals surface area contributed by atoms with Crippen LogP contribution >= 0.6 is 34.4 Å². The van der Waals surface area contributed by atoms with Gasteiger partial charge in [0.1, 0.15) is 0 Å². The van der Waals surface area contributed by atoms with Crippen molar-refractivity contribution >= 4 is 95.8 Å². The summed E-state index contributed by atoms with van der Waals surface area (Å²) >= 11 is 5.03. The van der Waals surface area contributed by atoms with Crippen molar-refractivity contribution in [1.29, 1.82) is 0 Å². The van der Waals surface area contributed by atoms with Crippen molar-refractivity contribution in [3.63, 3.8) is 0 Å². The van der Waals surface area contributed by atoms with Crippen LogP contribution in [0.4, 0.5) is 13.2 Å². The van der Waals surface area contributed by atoms with Crippen molar-refractivity contribution < 1.29 is 26.1 Å². The van der Waals surface area contributed by atoms with Gasteiger partial charge in [-0.2, -0.15) is 13.2 Å². The van der Waals surface area contributed by atoms with Gasteiger partial charge < -0.3 is 4.55 Å². The van der Waals surface area contributed by atoms with E-state index in [4.69, 9.17) is 13.0 Å². The van der Waals surface area contributed by atoms with Crippen LogP contribution in [-0.4, -0.2) is 18.5 Å². The molecule has 8 rings (SSSR count). The molecule has 0 saturated heterocycles. The number of benzene rings is 6.